The molecular formula is C21H31N5O3S. The van der Waals surface area contributed by atoms with Crippen LogP contribution in [0.4, 0.5) is 21.5 Å². The van der Waals surface area contributed by atoms with Crippen molar-refractivity contribution in [2.45, 2.75) is 52.4 Å². The van der Waals surface area contributed by atoms with E-state index in [4.69, 9.17) is 4.74 Å². The van der Waals surface area contributed by atoms with Crippen LogP contribution in [0.15, 0.2) is 40.7 Å². The zero-order valence-electron chi connectivity index (χ0n) is 17.8. The van der Waals surface area contributed by atoms with E-state index in [9.17, 15) is 10.1 Å². The first-order valence-electron chi connectivity index (χ1n) is 10.6. The Morgan fingerprint density at radius 3 is 2.47 bits per heavy atom. The summed E-state index contributed by atoms with van der Waals surface area (Å²) < 4.78 is 5.80. The van der Waals surface area contributed by atoms with E-state index in [2.05, 4.69) is 34.0 Å². The van der Waals surface area contributed by atoms with Gasteiger partial charge in [-0.25, -0.2) is 4.98 Å². The van der Waals surface area contributed by atoms with Crippen LogP contribution in [0.5, 0.6) is 0 Å². The second kappa shape index (κ2) is 13.8. The number of nitro groups is 1. The summed E-state index contributed by atoms with van der Waals surface area (Å²) in [5.41, 5.74) is 1.77. The van der Waals surface area contributed by atoms with Gasteiger partial charge in [0.25, 0.3) is 0 Å². The normalized spacial score (nSPS) is 11.3. The van der Waals surface area contributed by atoms with Gasteiger partial charge in [0.15, 0.2) is 0 Å². The number of benzene rings is 1. The summed E-state index contributed by atoms with van der Waals surface area (Å²) >= 11 is 0.898. The monoisotopic (exact) mass is 433 g/mol. The zero-order chi connectivity index (χ0) is 21.6. The molecule has 30 heavy (non-hydrogen) atoms. The number of hydrogen-bond acceptors (Lipinski definition) is 8. The number of rotatable bonds is 15. The van der Waals surface area contributed by atoms with Crippen LogP contribution >= 0.6 is 11.3 Å². The molecule has 9 heteroatoms. The molecule has 0 saturated carbocycles. The van der Waals surface area contributed by atoms with Gasteiger partial charge in [-0.1, -0.05) is 39.0 Å². The largest absolute Gasteiger partial charge is 0.380 e. The Labute approximate surface area is 182 Å². The summed E-state index contributed by atoms with van der Waals surface area (Å²) in [6, 6.07) is 7.74. The van der Waals surface area contributed by atoms with Crippen LogP contribution in [0.2, 0.25) is 0 Å². The minimum Gasteiger partial charge on any atom is -0.380 e. The van der Waals surface area contributed by atoms with Gasteiger partial charge in [0.2, 0.25) is 5.13 Å². The summed E-state index contributed by atoms with van der Waals surface area (Å²) in [7, 11) is 0. The van der Waals surface area contributed by atoms with E-state index in [-0.39, 0.29) is 10.1 Å². The third-order valence-corrected chi connectivity index (χ3v) is 5.49. The number of anilines is 1. The van der Waals surface area contributed by atoms with Gasteiger partial charge < -0.3 is 9.64 Å². The maximum atomic E-state index is 10.7. The molecule has 0 amide bonds. The van der Waals surface area contributed by atoms with Gasteiger partial charge in [-0.3, -0.25) is 10.1 Å². The highest BCUT2D eigenvalue weighted by Crippen LogP contribution is 2.29. The van der Waals surface area contributed by atoms with Crippen molar-refractivity contribution in [1.82, 2.24) is 4.98 Å². The number of aromatic nitrogens is 1. The van der Waals surface area contributed by atoms with Crippen LogP contribution in [0.3, 0.4) is 0 Å². The van der Waals surface area contributed by atoms with Gasteiger partial charge in [-0.15, -0.1) is 10.2 Å². The molecule has 0 atom stereocenters. The highest BCUT2D eigenvalue weighted by Gasteiger charge is 2.10. The zero-order valence-corrected chi connectivity index (χ0v) is 18.6. The first-order chi connectivity index (χ1) is 14.6. The molecular weight excluding hydrogens is 402 g/mol. The average molecular weight is 434 g/mol. The van der Waals surface area contributed by atoms with Crippen LogP contribution in [-0.4, -0.2) is 36.2 Å². The van der Waals surface area contributed by atoms with Crippen molar-refractivity contribution in [3.8, 4) is 0 Å². The maximum absolute atomic E-state index is 10.7. The summed E-state index contributed by atoms with van der Waals surface area (Å²) in [5.74, 6) is 0. The van der Waals surface area contributed by atoms with Crippen molar-refractivity contribution in [2.75, 3.05) is 31.2 Å². The number of likely N-dealkylation sites (N-methyl/N-ethyl adjacent to an activating group) is 1. The van der Waals surface area contributed by atoms with Crippen LogP contribution in [0.25, 0.3) is 0 Å². The third kappa shape index (κ3) is 8.54. The molecule has 0 radical (unpaired) electrons. The number of hydrogen-bond donors (Lipinski definition) is 0. The van der Waals surface area contributed by atoms with Crippen LogP contribution in [0, 0.1) is 10.1 Å². The second-order valence-corrected chi connectivity index (χ2v) is 7.90. The molecule has 2 rings (SSSR count). The molecule has 1 heterocycles. The molecule has 1 aromatic carbocycles. The smallest absolute Gasteiger partial charge is 0.345 e. The molecule has 0 aliphatic carbocycles. The van der Waals surface area contributed by atoms with E-state index in [0.29, 0.717) is 12.3 Å². The number of ether oxygens (including phenoxy) is 1. The van der Waals surface area contributed by atoms with Crippen molar-refractivity contribution in [2.24, 2.45) is 10.2 Å². The molecule has 0 saturated heterocycles. The van der Waals surface area contributed by atoms with E-state index in [0.717, 1.165) is 43.1 Å². The van der Waals surface area contributed by atoms with Crippen molar-refractivity contribution in [3.63, 3.8) is 0 Å². The quantitative estimate of drug-likeness (QED) is 0.135. The number of unbranched alkanes of at least 4 members (excludes halogenated alkanes) is 5. The lowest BCUT2D eigenvalue weighted by atomic mass is 10.1. The molecule has 2 aromatic rings. The molecule has 0 aliphatic rings. The number of thiazole rings is 1. The standard InChI is InChI=1S/C21H31N5O3S/c1-3-5-6-7-8-9-15-29-16-14-25(4-2)19-12-10-18(11-13-19)23-24-21-22-17-20(30-21)26(27)28/h10-13,17H,3-9,14-16H2,1-2H3. The molecule has 0 fully saturated rings. The number of nitrogens with zero attached hydrogens (tertiary/aromatic N) is 5. The van der Waals surface area contributed by atoms with Gasteiger partial charge in [-0.2, -0.15) is 0 Å². The summed E-state index contributed by atoms with van der Waals surface area (Å²) in [5, 5.41) is 19.0. The van der Waals surface area contributed by atoms with Gasteiger partial charge in [0, 0.05) is 25.4 Å². The minimum absolute atomic E-state index is 0.0448. The minimum atomic E-state index is -0.484. The highest BCUT2D eigenvalue weighted by molar-refractivity contribution is 7.18. The van der Waals surface area contributed by atoms with Crippen molar-refractivity contribution in [3.05, 3.63) is 40.6 Å². The van der Waals surface area contributed by atoms with Gasteiger partial charge in [0.1, 0.15) is 6.20 Å². The Morgan fingerprint density at radius 1 is 1.07 bits per heavy atom. The Hall–Kier alpha value is -2.39. The van der Waals surface area contributed by atoms with E-state index in [1.807, 2.05) is 24.3 Å². The Morgan fingerprint density at radius 2 is 1.80 bits per heavy atom. The second-order valence-electron chi connectivity index (χ2n) is 6.91. The van der Waals surface area contributed by atoms with Gasteiger partial charge in [-0.05, 0) is 48.9 Å². The highest BCUT2D eigenvalue weighted by atomic mass is 32.1. The SMILES string of the molecule is CCCCCCCCOCCN(CC)c1ccc(N=Nc2ncc([N+](=O)[O-])s2)cc1. The molecule has 0 unspecified atom stereocenters. The molecule has 0 bridgehead atoms. The molecule has 164 valence electrons. The lowest BCUT2D eigenvalue weighted by molar-refractivity contribution is -0.380. The van der Waals surface area contributed by atoms with E-state index < -0.39 is 4.92 Å². The lowest BCUT2D eigenvalue weighted by Crippen LogP contribution is -2.27. The van der Waals surface area contributed by atoms with E-state index >= 15 is 0 Å². The topological polar surface area (TPSA) is 93.2 Å². The summed E-state index contributed by atoms with van der Waals surface area (Å²) in [6.45, 7) is 7.64. The fourth-order valence-electron chi connectivity index (χ4n) is 2.95. The maximum Gasteiger partial charge on any atom is 0.345 e. The van der Waals surface area contributed by atoms with Gasteiger partial charge >= 0.3 is 5.00 Å². The first kappa shape index (κ1) is 23.9. The predicted octanol–water partition coefficient (Wildman–Crippen LogP) is 6.67. The van der Waals surface area contributed by atoms with Crippen LogP contribution in [-0.2, 0) is 4.74 Å². The van der Waals surface area contributed by atoms with Crippen molar-refractivity contribution < 1.29 is 9.66 Å². The summed E-state index contributed by atoms with van der Waals surface area (Å²) in [6.07, 6.45) is 8.83. The molecule has 1 aromatic heterocycles. The van der Waals surface area contributed by atoms with Crippen molar-refractivity contribution >= 4 is 32.8 Å². The molecule has 0 spiro atoms. The van der Waals surface area contributed by atoms with Gasteiger partial charge in [0.05, 0.1) is 17.2 Å². The Balaban J connectivity index is 1.73. The van der Waals surface area contributed by atoms with Crippen LogP contribution < -0.4 is 4.90 Å². The number of azo groups is 1. The molecule has 0 N–H and O–H groups in total. The Kier molecular flexibility index (Phi) is 11.0. The van der Waals surface area contributed by atoms with Crippen molar-refractivity contribution in [1.29, 1.82) is 0 Å². The fraction of sp³-hybridized carbons (Fsp3) is 0.571. The summed E-state index contributed by atoms with van der Waals surface area (Å²) in [4.78, 5) is 16.3. The van der Waals surface area contributed by atoms with Crippen LogP contribution in [0.1, 0.15) is 52.4 Å². The Bertz CT molecular complexity index is 779. The fourth-order valence-corrected chi connectivity index (χ4v) is 3.50. The average Bonchev–Trinajstić information content (AvgIpc) is 3.24. The van der Waals surface area contributed by atoms with E-state index in [1.165, 1.54) is 38.3 Å². The first-order valence-corrected chi connectivity index (χ1v) is 11.4. The lowest BCUT2D eigenvalue weighted by Gasteiger charge is -2.23. The molecule has 8 nitrogen and oxygen atoms in total. The van der Waals surface area contributed by atoms with E-state index in [1.54, 1.807) is 0 Å². The molecule has 0 aliphatic heterocycles. The third-order valence-electron chi connectivity index (χ3n) is 4.66. The predicted molar refractivity (Wildman–Crippen MR) is 121 cm³/mol.